The highest BCUT2D eigenvalue weighted by molar-refractivity contribution is 6.06. The van der Waals surface area contributed by atoms with Crippen LogP contribution in [0.2, 0.25) is 0 Å². The van der Waals surface area contributed by atoms with Crippen molar-refractivity contribution >= 4 is 34.8 Å². The zero-order valence-electron chi connectivity index (χ0n) is 17.5. The van der Waals surface area contributed by atoms with Crippen LogP contribution in [-0.4, -0.2) is 43.1 Å². The summed E-state index contributed by atoms with van der Waals surface area (Å²) in [4.78, 5) is 39.5. The smallest absolute Gasteiger partial charge is 0.338 e. The zero-order chi connectivity index (χ0) is 22.0. The quantitative estimate of drug-likeness (QED) is 0.693. The monoisotopic (exact) mass is 423 g/mol. The number of rotatable bonds is 6. The van der Waals surface area contributed by atoms with Gasteiger partial charge in [-0.3, -0.25) is 9.59 Å². The van der Waals surface area contributed by atoms with Crippen molar-refractivity contribution in [3.63, 3.8) is 0 Å². The van der Waals surface area contributed by atoms with Gasteiger partial charge < -0.3 is 25.0 Å². The van der Waals surface area contributed by atoms with Crippen molar-refractivity contribution in [3.05, 3.63) is 48.0 Å². The number of benzene rings is 2. The molecule has 162 valence electrons. The van der Waals surface area contributed by atoms with Gasteiger partial charge in [-0.25, -0.2) is 4.79 Å². The molecule has 2 aromatic rings. The van der Waals surface area contributed by atoms with Gasteiger partial charge in [0.05, 0.1) is 29.2 Å². The van der Waals surface area contributed by atoms with E-state index in [0.717, 1.165) is 25.1 Å². The van der Waals surface area contributed by atoms with E-state index in [1.54, 1.807) is 30.3 Å². The number of carbonyl (C=O) groups excluding carboxylic acids is 3. The molecule has 0 spiro atoms. The molecule has 0 radical (unpaired) electrons. The van der Waals surface area contributed by atoms with Crippen molar-refractivity contribution < 1.29 is 23.9 Å². The number of anilines is 3. The summed E-state index contributed by atoms with van der Waals surface area (Å²) in [5.41, 5.74) is 2.26. The maximum atomic E-state index is 12.6. The maximum Gasteiger partial charge on any atom is 0.338 e. The Morgan fingerprint density at radius 2 is 2.06 bits per heavy atom. The highest BCUT2D eigenvalue weighted by Gasteiger charge is 2.36. The number of nitrogens with one attached hydrogen (secondary N) is 2. The summed E-state index contributed by atoms with van der Waals surface area (Å²) in [5, 5.41) is 5.60. The molecular formula is C23H25N3O5. The van der Waals surface area contributed by atoms with Crippen molar-refractivity contribution in [1.82, 2.24) is 0 Å². The normalized spacial score (nSPS) is 17.8. The van der Waals surface area contributed by atoms with Crippen LogP contribution in [0.25, 0.3) is 0 Å². The van der Waals surface area contributed by atoms with Crippen LogP contribution in [0.4, 0.5) is 17.1 Å². The van der Waals surface area contributed by atoms with Crippen LogP contribution in [0, 0.1) is 0 Å². The molecular weight excluding hydrogens is 398 g/mol. The molecule has 8 nitrogen and oxygen atoms in total. The molecule has 31 heavy (non-hydrogen) atoms. The molecule has 2 N–H and O–H groups in total. The highest BCUT2D eigenvalue weighted by atomic mass is 16.5. The largest absolute Gasteiger partial charge is 0.492 e. The van der Waals surface area contributed by atoms with E-state index >= 15 is 0 Å². The molecule has 0 saturated carbocycles. The third kappa shape index (κ3) is 4.19. The third-order valence-corrected chi connectivity index (χ3v) is 5.45. The molecule has 0 aliphatic carbocycles. The van der Waals surface area contributed by atoms with Gasteiger partial charge in [-0.15, -0.1) is 0 Å². The minimum atomic E-state index is -1.02. The number of nitrogens with zero attached hydrogens (tertiary/aromatic N) is 1. The third-order valence-electron chi connectivity index (χ3n) is 5.45. The summed E-state index contributed by atoms with van der Waals surface area (Å²) in [5.74, 6) is -0.619. The number of amides is 2. The first kappa shape index (κ1) is 20.7. The summed E-state index contributed by atoms with van der Waals surface area (Å²) in [7, 11) is 0. The van der Waals surface area contributed by atoms with Crippen molar-refractivity contribution in [2.45, 2.75) is 38.8 Å². The van der Waals surface area contributed by atoms with E-state index < -0.39 is 18.0 Å². The first-order valence-electron chi connectivity index (χ1n) is 10.4. The molecule has 0 unspecified atom stereocenters. The van der Waals surface area contributed by atoms with E-state index in [9.17, 15) is 14.4 Å². The van der Waals surface area contributed by atoms with E-state index in [-0.39, 0.29) is 17.5 Å². The van der Waals surface area contributed by atoms with E-state index in [1.165, 1.54) is 6.92 Å². The van der Waals surface area contributed by atoms with Crippen molar-refractivity contribution in [2.24, 2.45) is 0 Å². The Balaban J connectivity index is 1.43. The van der Waals surface area contributed by atoms with E-state index in [2.05, 4.69) is 15.5 Å². The number of esters is 1. The first-order valence-corrected chi connectivity index (χ1v) is 10.4. The van der Waals surface area contributed by atoms with E-state index in [0.29, 0.717) is 23.7 Å². The Kier molecular flexibility index (Phi) is 5.79. The zero-order valence-corrected chi connectivity index (χ0v) is 17.5. The maximum absolute atomic E-state index is 12.6. The van der Waals surface area contributed by atoms with Crippen LogP contribution < -0.4 is 20.3 Å². The molecule has 2 aliphatic rings. The van der Waals surface area contributed by atoms with Gasteiger partial charge in [-0.1, -0.05) is 12.1 Å². The lowest BCUT2D eigenvalue weighted by atomic mass is 10.1. The van der Waals surface area contributed by atoms with Gasteiger partial charge >= 0.3 is 5.97 Å². The number of hydrogen-bond acceptors (Lipinski definition) is 6. The predicted octanol–water partition coefficient (Wildman–Crippen LogP) is 3.19. The van der Waals surface area contributed by atoms with Gasteiger partial charge in [0.1, 0.15) is 11.8 Å². The SMILES string of the molecule is CCOc1ccccc1NC(=O)[C@@H](C)OC(=O)c1ccc2c(c1)NC(=O)[C@@H]1CCCN21. The standard InChI is InChI=1S/C23H25N3O5/c1-3-30-20-9-5-4-7-16(20)24-21(27)14(2)31-23(29)15-10-11-18-17(13-15)25-22(28)19-8-6-12-26(18)19/h4-5,7,9-11,13-14,19H,3,6,8,12H2,1-2H3,(H,24,27)(H,25,28)/t14-,19+/m1/s1. The van der Waals surface area contributed by atoms with Crippen LogP contribution in [-0.2, 0) is 14.3 Å². The number of para-hydroxylation sites is 2. The lowest BCUT2D eigenvalue weighted by molar-refractivity contribution is -0.123. The molecule has 2 aliphatic heterocycles. The first-order chi connectivity index (χ1) is 15.0. The summed E-state index contributed by atoms with van der Waals surface area (Å²) in [6.07, 6.45) is 0.768. The van der Waals surface area contributed by atoms with Gasteiger partial charge in [0.15, 0.2) is 6.10 Å². The van der Waals surface area contributed by atoms with Crippen LogP contribution in [0.5, 0.6) is 5.75 Å². The predicted molar refractivity (Wildman–Crippen MR) is 117 cm³/mol. The van der Waals surface area contributed by atoms with Crippen molar-refractivity contribution in [3.8, 4) is 5.75 Å². The molecule has 0 bridgehead atoms. The summed E-state index contributed by atoms with van der Waals surface area (Å²) in [6, 6.07) is 12.0. The Bertz CT molecular complexity index is 1020. The molecule has 2 aromatic carbocycles. The van der Waals surface area contributed by atoms with Gasteiger partial charge in [0.2, 0.25) is 5.91 Å². The summed E-state index contributed by atoms with van der Waals surface area (Å²) in [6.45, 7) is 4.64. The number of carbonyl (C=O) groups is 3. The van der Waals surface area contributed by atoms with E-state index in [4.69, 9.17) is 9.47 Å². The van der Waals surface area contributed by atoms with Crippen molar-refractivity contribution in [2.75, 3.05) is 28.7 Å². The average molecular weight is 423 g/mol. The fourth-order valence-corrected chi connectivity index (χ4v) is 3.93. The minimum absolute atomic E-state index is 0.0590. The summed E-state index contributed by atoms with van der Waals surface area (Å²) < 4.78 is 10.9. The van der Waals surface area contributed by atoms with E-state index in [1.807, 2.05) is 19.1 Å². The van der Waals surface area contributed by atoms with Gasteiger partial charge in [0.25, 0.3) is 5.91 Å². The Hall–Kier alpha value is -3.55. The second-order valence-electron chi connectivity index (χ2n) is 7.54. The lowest BCUT2D eigenvalue weighted by Crippen LogP contribution is -2.43. The molecule has 1 fully saturated rings. The topological polar surface area (TPSA) is 97.0 Å². The Morgan fingerprint density at radius 1 is 1.26 bits per heavy atom. The fraction of sp³-hybridized carbons (Fsp3) is 0.348. The molecule has 2 heterocycles. The Morgan fingerprint density at radius 3 is 2.87 bits per heavy atom. The second kappa shape index (κ2) is 8.67. The fourth-order valence-electron chi connectivity index (χ4n) is 3.93. The molecule has 8 heteroatoms. The van der Waals surface area contributed by atoms with Gasteiger partial charge in [-0.2, -0.15) is 0 Å². The van der Waals surface area contributed by atoms with Crippen LogP contribution in [0.15, 0.2) is 42.5 Å². The van der Waals surface area contributed by atoms with Crippen molar-refractivity contribution in [1.29, 1.82) is 0 Å². The summed E-state index contributed by atoms with van der Waals surface area (Å²) >= 11 is 0. The van der Waals surface area contributed by atoms with Gasteiger partial charge in [-0.05, 0) is 57.0 Å². The Labute approximate surface area is 180 Å². The average Bonchev–Trinajstić information content (AvgIpc) is 3.26. The molecule has 2 amide bonds. The van der Waals surface area contributed by atoms with Crippen LogP contribution in [0.3, 0.4) is 0 Å². The van der Waals surface area contributed by atoms with Crippen LogP contribution >= 0.6 is 0 Å². The lowest BCUT2D eigenvalue weighted by Gasteiger charge is -2.33. The number of hydrogen-bond donors (Lipinski definition) is 2. The number of ether oxygens (including phenoxy) is 2. The highest BCUT2D eigenvalue weighted by Crippen LogP contribution is 2.37. The second-order valence-corrected chi connectivity index (χ2v) is 7.54. The van der Waals surface area contributed by atoms with Gasteiger partial charge in [0, 0.05) is 6.54 Å². The molecule has 1 saturated heterocycles. The van der Waals surface area contributed by atoms with Crippen LogP contribution in [0.1, 0.15) is 37.0 Å². The number of fused-ring (bicyclic) bond motifs is 3. The molecule has 2 atom stereocenters. The minimum Gasteiger partial charge on any atom is -0.492 e. The molecule has 0 aromatic heterocycles. The molecule has 4 rings (SSSR count).